The van der Waals surface area contributed by atoms with Crippen LogP contribution in [0.5, 0.6) is 0 Å². The van der Waals surface area contributed by atoms with Crippen LogP contribution in [0.4, 0.5) is 5.13 Å². The Labute approximate surface area is 160 Å². The van der Waals surface area contributed by atoms with E-state index in [0.717, 1.165) is 22.7 Å². The molecule has 4 aromatic rings. The minimum Gasteiger partial charge on any atom is -0.296 e. The minimum atomic E-state index is -0.242. The quantitative estimate of drug-likeness (QED) is 0.571. The highest BCUT2D eigenvalue weighted by Gasteiger charge is 2.18. The van der Waals surface area contributed by atoms with Crippen molar-refractivity contribution in [1.29, 1.82) is 0 Å². The largest absolute Gasteiger partial charge is 0.296 e. The molecule has 7 nitrogen and oxygen atoms in total. The fourth-order valence-corrected chi connectivity index (χ4v) is 3.51. The number of hydrogen-bond donors (Lipinski definition) is 1. The fourth-order valence-electron chi connectivity index (χ4n) is 2.84. The first-order valence-electron chi connectivity index (χ1n) is 8.75. The lowest BCUT2D eigenvalue weighted by Gasteiger charge is -2.08. The summed E-state index contributed by atoms with van der Waals surface area (Å²) in [5.41, 5.74) is 2.89. The van der Waals surface area contributed by atoms with Gasteiger partial charge >= 0.3 is 0 Å². The average molecular weight is 378 g/mol. The summed E-state index contributed by atoms with van der Waals surface area (Å²) in [6, 6.07) is 11.6. The maximum atomic E-state index is 13.0. The molecular weight excluding hydrogens is 360 g/mol. The molecule has 0 fully saturated rings. The van der Waals surface area contributed by atoms with Crippen molar-refractivity contribution in [2.75, 3.05) is 5.32 Å². The summed E-state index contributed by atoms with van der Waals surface area (Å²) in [6.07, 6.45) is 2.47. The first kappa shape index (κ1) is 17.3. The smallest absolute Gasteiger partial charge is 0.258 e. The van der Waals surface area contributed by atoms with Gasteiger partial charge < -0.3 is 0 Å². The van der Waals surface area contributed by atoms with Crippen molar-refractivity contribution in [2.45, 2.75) is 26.8 Å². The lowest BCUT2D eigenvalue weighted by Crippen LogP contribution is -2.13. The Balaban J connectivity index is 1.80. The van der Waals surface area contributed by atoms with Gasteiger partial charge in [0.1, 0.15) is 5.01 Å². The van der Waals surface area contributed by atoms with Gasteiger partial charge in [-0.15, -0.1) is 10.2 Å². The SMILES string of the molecule is CCc1nnc(NC(=O)c2cc(-c3ccccc3)nc3c2cnn3CC)s1. The van der Waals surface area contributed by atoms with Crippen LogP contribution in [0.1, 0.15) is 29.2 Å². The number of carbonyl (C=O) groups excluding carboxylic acids is 1. The van der Waals surface area contributed by atoms with Gasteiger partial charge in [-0.25, -0.2) is 9.67 Å². The van der Waals surface area contributed by atoms with Crippen LogP contribution in [-0.2, 0) is 13.0 Å². The van der Waals surface area contributed by atoms with Crippen molar-refractivity contribution in [3.63, 3.8) is 0 Å². The topological polar surface area (TPSA) is 85.6 Å². The van der Waals surface area contributed by atoms with E-state index in [1.165, 1.54) is 11.3 Å². The summed E-state index contributed by atoms with van der Waals surface area (Å²) in [4.78, 5) is 17.7. The van der Waals surface area contributed by atoms with Crippen LogP contribution in [0.15, 0.2) is 42.6 Å². The molecule has 0 aliphatic carbocycles. The number of aromatic nitrogens is 5. The zero-order valence-corrected chi connectivity index (χ0v) is 15.8. The van der Waals surface area contributed by atoms with Crippen molar-refractivity contribution >= 4 is 33.4 Å². The second kappa shape index (κ2) is 7.24. The van der Waals surface area contributed by atoms with Crippen LogP contribution in [0.25, 0.3) is 22.3 Å². The molecule has 0 spiro atoms. The number of nitrogens with one attached hydrogen (secondary N) is 1. The van der Waals surface area contributed by atoms with Crippen molar-refractivity contribution < 1.29 is 4.79 Å². The van der Waals surface area contributed by atoms with Gasteiger partial charge in [0.15, 0.2) is 5.65 Å². The molecule has 0 atom stereocenters. The Morgan fingerprint density at radius 1 is 1.19 bits per heavy atom. The molecule has 1 N–H and O–H groups in total. The Kier molecular flexibility index (Phi) is 4.64. The van der Waals surface area contributed by atoms with E-state index in [4.69, 9.17) is 4.98 Å². The molecule has 136 valence electrons. The number of benzene rings is 1. The molecule has 1 amide bonds. The molecule has 8 heteroatoms. The molecule has 0 radical (unpaired) electrons. The van der Waals surface area contributed by atoms with Gasteiger partial charge in [0, 0.05) is 12.1 Å². The molecule has 3 heterocycles. The zero-order chi connectivity index (χ0) is 18.8. The molecule has 4 rings (SSSR count). The van der Waals surface area contributed by atoms with E-state index in [1.807, 2.05) is 44.2 Å². The van der Waals surface area contributed by atoms with E-state index < -0.39 is 0 Å². The number of aryl methyl sites for hydroxylation is 2. The minimum absolute atomic E-state index is 0.242. The monoisotopic (exact) mass is 378 g/mol. The van der Waals surface area contributed by atoms with Gasteiger partial charge in [0.2, 0.25) is 5.13 Å². The van der Waals surface area contributed by atoms with Crippen molar-refractivity contribution in [3.05, 3.63) is 53.2 Å². The highest BCUT2D eigenvalue weighted by Crippen LogP contribution is 2.26. The van der Waals surface area contributed by atoms with Gasteiger partial charge in [-0.2, -0.15) is 5.10 Å². The number of amides is 1. The second-order valence-corrected chi connectivity index (χ2v) is 6.99. The number of pyridine rings is 1. The third-order valence-electron chi connectivity index (χ3n) is 4.21. The highest BCUT2D eigenvalue weighted by molar-refractivity contribution is 7.15. The Morgan fingerprint density at radius 3 is 2.70 bits per heavy atom. The van der Waals surface area contributed by atoms with Gasteiger partial charge in [-0.1, -0.05) is 48.6 Å². The fraction of sp³-hybridized carbons (Fsp3) is 0.211. The summed E-state index contributed by atoms with van der Waals surface area (Å²) in [5.74, 6) is -0.242. The molecule has 1 aromatic carbocycles. The zero-order valence-electron chi connectivity index (χ0n) is 15.0. The van der Waals surface area contributed by atoms with Crippen molar-refractivity contribution in [2.24, 2.45) is 0 Å². The normalized spacial score (nSPS) is 11.0. The standard InChI is InChI=1S/C19H18N6OS/c1-3-16-23-24-19(27-16)22-18(26)13-10-15(12-8-6-5-7-9-12)21-17-14(13)11-20-25(17)4-2/h5-11H,3-4H2,1-2H3,(H,22,24,26). The average Bonchev–Trinajstić information content (AvgIpc) is 3.34. The maximum Gasteiger partial charge on any atom is 0.258 e. The molecule has 3 aromatic heterocycles. The van der Waals surface area contributed by atoms with Gasteiger partial charge in [-0.05, 0) is 19.4 Å². The van der Waals surface area contributed by atoms with E-state index in [1.54, 1.807) is 16.9 Å². The van der Waals surface area contributed by atoms with E-state index in [2.05, 4.69) is 20.6 Å². The third kappa shape index (κ3) is 3.31. The van der Waals surface area contributed by atoms with Gasteiger partial charge in [0.25, 0.3) is 5.91 Å². The first-order chi connectivity index (χ1) is 13.2. The van der Waals surface area contributed by atoms with Gasteiger partial charge in [0.05, 0.1) is 22.8 Å². The van der Waals surface area contributed by atoms with E-state index in [0.29, 0.717) is 28.3 Å². The molecule has 0 saturated carbocycles. The van der Waals surface area contributed by atoms with Crippen LogP contribution in [0, 0.1) is 0 Å². The molecular formula is C19H18N6OS. The number of carbonyl (C=O) groups is 1. The van der Waals surface area contributed by atoms with Crippen molar-refractivity contribution in [3.8, 4) is 11.3 Å². The van der Waals surface area contributed by atoms with E-state index >= 15 is 0 Å². The lowest BCUT2D eigenvalue weighted by molar-refractivity contribution is 0.102. The predicted molar refractivity (Wildman–Crippen MR) is 106 cm³/mol. The highest BCUT2D eigenvalue weighted by atomic mass is 32.1. The number of rotatable bonds is 5. The third-order valence-corrected chi connectivity index (χ3v) is 5.20. The van der Waals surface area contributed by atoms with E-state index in [9.17, 15) is 4.79 Å². The number of fused-ring (bicyclic) bond motifs is 1. The van der Waals surface area contributed by atoms with Crippen LogP contribution in [-0.4, -0.2) is 30.9 Å². The summed E-state index contributed by atoms with van der Waals surface area (Å²) in [6.45, 7) is 4.67. The Morgan fingerprint density at radius 2 is 2.00 bits per heavy atom. The molecule has 0 aliphatic heterocycles. The van der Waals surface area contributed by atoms with Crippen LogP contribution < -0.4 is 5.32 Å². The Bertz CT molecular complexity index is 1100. The molecule has 0 aliphatic rings. The number of hydrogen-bond acceptors (Lipinski definition) is 6. The molecule has 0 bridgehead atoms. The van der Waals surface area contributed by atoms with Crippen molar-refractivity contribution in [1.82, 2.24) is 25.0 Å². The second-order valence-electron chi connectivity index (χ2n) is 5.93. The number of nitrogens with zero attached hydrogens (tertiary/aromatic N) is 5. The van der Waals surface area contributed by atoms with Crippen LogP contribution in [0.3, 0.4) is 0 Å². The summed E-state index contributed by atoms with van der Waals surface area (Å²) < 4.78 is 1.79. The molecule has 0 unspecified atom stereocenters. The maximum absolute atomic E-state index is 13.0. The summed E-state index contributed by atoms with van der Waals surface area (Å²) in [7, 11) is 0. The van der Waals surface area contributed by atoms with Gasteiger partial charge in [-0.3, -0.25) is 10.1 Å². The molecule has 27 heavy (non-hydrogen) atoms. The summed E-state index contributed by atoms with van der Waals surface area (Å²) in [5, 5.41) is 17.4. The predicted octanol–water partition coefficient (Wildman–Crippen LogP) is 3.78. The van der Waals surface area contributed by atoms with Crippen LogP contribution >= 0.6 is 11.3 Å². The Hall–Kier alpha value is -3.13. The first-order valence-corrected chi connectivity index (χ1v) is 9.57. The van der Waals surface area contributed by atoms with E-state index in [-0.39, 0.29) is 5.91 Å². The lowest BCUT2D eigenvalue weighted by atomic mass is 10.1. The summed E-state index contributed by atoms with van der Waals surface area (Å²) >= 11 is 1.38. The number of anilines is 1. The molecule has 0 saturated heterocycles. The van der Waals surface area contributed by atoms with Crippen LogP contribution in [0.2, 0.25) is 0 Å².